The highest BCUT2D eigenvalue weighted by molar-refractivity contribution is 6.17. The molecule has 3 nitrogen and oxygen atoms in total. The normalized spacial score (nSPS) is 26.7. The van der Waals surface area contributed by atoms with Crippen LogP contribution in [0, 0.1) is 5.92 Å². The molecule has 1 aliphatic heterocycles. The highest BCUT2D eigenvalue weighted by Crippen LogP contribution is 2.20. The molecule has 0 radical (unpaired) electrons. The fraction of sp³-hybridized carbons (Fsp3) is 0.909. The Hall–Kier alpha value is -0.280. The minimum Gasteiger partial charge on any atom is -0.379 e. The molecule has 0 N–H and O–H groups in total. The fourth-order valence-corrected chi connectivity index (χ4v) is 2.08. The van der Waals surface area contributed by atoms with Crippen LogP contribution in [0.1, 0.15) is 26.2 Å². The average Bonchev–Trinajstić information content (AvgIpc) is 2.26. The maximum Gasteiger partial charge on any atom is 0.222 e. The van der Waals surface area contributed by atoms with Crippen LogP contribution in [-0.4, -0.2) is 43.0 Å². The molecule has 0 aliphatic carbocycles. The van der Waals surface area contributed by atoms with Gasteiger partial charge in [0.25, 0.3) is 0 Å². The summed E-state index contributed by atoms with van der Waals surface area (Å²) < 4.78 is 5.37. The van der Waals surface area contributed by atoms with Gasteiger partial charge in [-0.15, -0.1) is 11.6 Å². The van der Waals surface area contributed by atoms with Gasteiger partial charge in [-0.2, -0.15) is 0 Å². The van der Waals surface area contributed by atoms with Gasteiger partial charge in [0.15, 0.2) is 0 Å². The molecular formula is C11H20ClNO2. The van der Waals surface area contributed by atoms with Crippen molar-refractivity contribution < 1.29 is 9.53 Å². The first-order valence-electron chi connectivity index (χ1n) is 5.55. The summed E-state index contributed by atoms with van der Waals surface area (Å²) in [5.74, 6) is 1.32. The minimum absolute atomic E-state index is 0.193. The van der Waals surface area contributed by atoms with Crippen molar-refractivity contribution in [2.45, 2.75) is 32.3 Å². The van der Waals surface area contributed by atoms with Crippen molar-refractivity contribution in [3.63, 3.8) is 0 Å². The number of carbonyl (C=O) groups excluding carboxylic acids is 1. The molecule has 1 amide bonds. The first-order valence-corrected chi connectivity index (χ1v) is 6.09. The monoisotopic (exact) mass is 233 g/mol. The summed E-state index contributed by atoms with van der Waals surface area (Å²) in [5.41, 5.74) is 0. The lowest BCUT2D eigenvalue weighted by Crippen LogP contribution is -2.46. The second-order valence-electron chi connectivity index (χ2n) is 4.17. The molecule has 2 unspecified atom stereocenters. The van der Waals surface area contributed by atoms with E-state index in [9.17, 15) is 4.79 Å². The Labute approximate surface area is 96.7 Å². The standard InChI is InChI=1S/C11H20ClNO2/c1-9-5-7-13(8-10(9)15-2)11(14)4-3-6-12/h9-10H,3-8H2,1-2H3. The summed E-state index contributed by atoms with van der Waals surface area (Å²) in [6.45, 7) is 3.77. The molecule has 0 aromatic rings. The zero-order valence-corrected chi connectivity index (χ0v) is 10.3. The van der Waals surface area contributed by atoms with E-state index in [2.05, 4.69) is 6.92 Å². The smallest absolute Gasteiger partial charge is 0.222 e. The Morgan fingerprint density at radius 1 is 1.60 bits per heavy atom. The number of hydrogen-bond donors (Lipinski definition) is 0. The molecule has 0 spiro atoms. The zero-order valence-electron chi connectivity index (χ0n) is 9.54. The van der Waals surface area contributed by atoms with E-state index in [0.717, 1.165) is 25.9 Å². The molecule has 1 heterocycles. The van der Waals surface area contributed by atoms with E-state index in [1.54, 1.807) is 7.11 Å². The summed E-state index contributed by atoms with van der Waals surface area (Å²) >= 11 is 5.57. The van der Waals surface area contributed by atoms with Gasteiger partial charge in [0, 0.05) is 32.5 Å². The quantitative estimate of drug-likeness (QED) is 0.694. The van der Waals surface area contributed by atoms with Crippen molar-refractivity contribution in [1.29, 1.82) is 0 Å². The maximum absolute atomic E-state index is 11.7. The molecule has 0 saturated carbocycles. The number of rotatable bonds is 4. The van der Waals surface area contributed by atoms with Crippen molar-refractivity contribution in [3.8, 4) is 0 Å². The van der Waals surface area contributed by atoms with Crippen LogP contribution in [-0.2, 0) is 9.53 Å². The molecule has 0 aromatic carbocycles. The first-order chi connectivity index (χ1) is 7.19. The Morgan fingerprint density at radius 2 is 2.33 bits per heavy atom. The topological polar surface area (TPSA) is 29.5 Å². The summed E-state index contributed by atoms with van der Waals surface area (Å²) in [5, 5.41) is 0. The van der Waals surface area contributed by atoms with Gasteiger partial charge in [0.1, 0.15) is 0 Å². The van der Waals surface area contributed by atoms with Crippen molar-refractivity contribution in [2.24, 2.45) is 5.92 Å². The van der Waals surface area contributed by atoms with E-state index in [1.807, 2.05) is 4.90 Å². The second kappa shape index (κ2) is 6.33. The molecule has 4 heteroatoms. The number of carbonyl (C=O) groups is 1. The third-order valence-corrected chi connectivity index (χ3v) is 3.34. The van der Waals surface area contributed by atoms with Crippen molar-refractivity contribution in [3.05, 3.63) is 0 Å². The number of ether oxygens (including phenoxy) is 1. The van der Waals surface area contributed by atoms with Crippen LogP contribution in [0.4, 0.5) is 0 Å². The highest BCUT2D eigenvalue weighted by Gasteiger charge is 2.28. The fourth-order valence-electron chi connectivity index (χ4n) is 1.94. The number of hydrogen-bond acceptors (Lipinski definition) is 2. The number of halogens is 1. The summed E-state index contributed by atoms with van der Waals surface area (Å²) in [4.78, 5) is 13.6. The lowest BCUT2D eigenvalue weighted by molar-refractivity contribution is -0.136. The molecule has 15 heavy (non-hydrogen) atoms. The number of amides is 1. The van der Waals surface area contributed by atoms with E-state index in [4.69, 9.17) is 16.3 Å². The van der Waals surface area contributed by atoms with Gasteiger partial charge in [-0.1, -0.05) is 6.92 Å². The van der Waals surface area contributed by atoms with E-state index < -0.39 is 0 Å². The summed E-state index contributed by atoms with van der Waals surface area (Å²) in [6.07, 6.45) is 2.56. The Balaban J connectivity index is 2.40. The summed E-state index contributed by atoms with van der Waals surface area (Å²) in [7, 11) is 1.72. The predicted octanol–water partition coefficient (Wildman–Crippen LogP) is 1.89. The van der Waals surface area contributed by atoms with E-state index >= 15 is 0 Å². The van der Waals surface area contributed by atoms with Crippen LogP contribution in [0.2, 0.25) is 0 Å². The molecule has 88 valence electrons. The molecule has 1 saturated heterocycles. The number of alkyl halides is 1. The van der Waals surface area contributed by atoms with Gasteiger partial charge in [-0.25, -0.2) is 0 Å². The zero-order chi connectivity index (χ0) is 11.3. The van der Waals surface area contributed by atoms with Crippen molar-refractivity contribution in [1.82, 2.24) is 4.90 Å². The van der Waals surface area contributed by atoms with Crippen molar-refractivity contribution in [2.75, 3.05) is 26.1 Å². The van der Waals surface area contributed by atoms with Crippen LogP contribution in [0.3, 0.4) is 0 Å². The molecule has 2 atom stereocenters. The van der Waals surface area contributed by atoms with E-state index in [-0.39, 0.29) is 12.0 Å². The van der Waals surface area contributed by atoms with Crippen LogP contribution in [0.25, 0.3) is 0 Å². The lowest BCUT2D eigenvalue weighted by Gasteiger charge is -2.36. The van der Waals surface area contributed by atoms with Gasteiger partial charge in [-0.3, -0.25) is 4.79 Å². The Bertz CT molecular complexity index is 211. The predicted molar refractivity (Wildman–Crippen MR) is 61.1 cm³/mol. The number of likely N-dealkylation sites (tertiary alicyclic amines) is 1. The van der Waals surface area contributed by atoms with E-state index in [0.29, 0.717) is 18.2 Å². The van der Waals surface area contributed by atoms with Gasteiger partial charge < -0.3 is 9.64 Å². The highest BCUT2D eigenvalue weighted by atomic mass is 35.5. The molecular weight excluding hydrogens is 214 g/mol. The molecule has 1 aliphatic rings. The van der Waals surface area contributed by atoms with Crippen LogP contribution in [0.5, 0.6) is 0 Å². The molecule has 0 bridgehead atoms. The number of piperidine rings is 1. The molecule has 0 aromatic heterocycles. The minimum atomic E-state index is 0.193. The van der Waals surface area contributed by atoms with E-state index in [1.165, 1.54) is 0 Å². The molecule has 1 fully saturated rings. The average molecular weight is 234 g/mol. The van der Waals surface area contributed by atoms with Gasteiger partial charge in [0.05, 0.1) is 6.10 Å². The third kappa shape index (κ3) is 3.65. The largest absolute Gasteiger partial charge is 0.379 e. The van der Waals surface area contributed by atoms with Crippen LogP contribution < -0.4 is 0 Å². The summed E-state index contributed by atoms with van der Waals surface area (Å²) in [6, 6.07) is 0. The number of nitrogens with zero attached hydrogens (tertiary/aromatic N) is 1. The number of methoxy groups -OCH3 is 1. The first kappa shape index (κ1) is 12.8. The van der Waals surface area contributed by atoms with Gasteiger partial charge >= 0.3 is 0 Å². The third-order valence-electron chi connectivity index (χ3n) is 3.07. The lowest BCUT2D eigenvalue weighted by atomic mass is 9.95. The Kier molecular flexibility index (Phi) is 5.40. The molecule has 1 rings (SSSR count). The van der Waals surface area contributed by atoms with Crippen LogP contribution in [0.15, 0.2) is 0 Å². The van der Waals surface area contributed by atoms with Crippen LogP contribution >= 0.6 is 11.6 Å². The Morgan fingerprint density at radius 3 is 2.93 bits per heavy atom. The van der Waals surface area contributed by atoms with Gasteiger partial charge in [-0.05, 0) is 18.8 Å². The van der Waals surface area contributed by atoms with Crippen molar-refractivity contribution >= 4 is 17.5 Å². The second-order valence-corrected chi connectivity index (χ2v) is 4.55. The van der Waals surface area contributed by atoms with Gasteiger partial charge in [0.2, 0.25) is 5.91 Å². The SMILES string of the molecule is COC1CN(C(=O)CCCCl)CCC1C. The maximum atomic E-state index is 11.7.